The Morgan fingerprint density at radius 3 is 2.10 bits per heavy atom. The van der Waals surface area contributed by atoms with E-state index in [1.54, 1.807) is 66.7 Å². The third-order valence-electron chi connectivity index (χ3n) is 4.41. The average molecular weight is 423 g/mol. The quantitative estimate of drug-likeness (QED) is 0.434. The molecule has 3 aromatic rings. The molecule has 3 rings (SSSR count). The number of hydrogen-bond acceptors (Lipinski definition) is 4. The molecular formula is C24H23ClN2O3. The van der Waals surface area contributed by atoms with Gasteiger partial charge in [-0.05, 0) is 48.7 Å². The first-order valence-corrected chi connectivity index (χ1v) is 9.92. The number of nitrogens with zero attached hydrogens (tertiary/aromatic N) is 1. The van der Waals surface area contributed by atoms with Crippen molar-refractivity contribution < 1.29 is 14.6 Å². The summed E-state index contributed by atoms with van der Waals surface area (Å²) >= 11 is 6.23. The van der Waals surface area contributed by atoms with Crippen LogP contribution in [0.2, 0.25) is 5.02 Å². The summed E-state index contributed by atoms with van der Waals surface area (Å²) in [5.41, 5.74) is 2.13. The molecule has 0 aliphatic carbocycles. The lowest BCUT2D eigenvalue weighted by Gasteiger charge is -2.27. The Bertz CT molecular complexity index is 982. The van der Waals surface area contributed by atoms with Gasteiger partial charge in [-0.25, -0.2) is 5.43 Å². The number of aliphatic hydroxyl groups is 1. The number of carbonyl (C=O) groups excluding carboxylic acids is 1. The molecule has 0 saturated carbocycles. The van der Waals surface area contributed by atoms with E-state index in [0.29, 0.717) is 27.5 Å². The Labute approximate surface area is 181 Å². The molecule has 0 radical (unpaired) electrons. The van der Waals surface area contributed by atoms with Crippen LogP contribution in [0.15, 0.2) is 84.0 Å². The van der Waals surface area contributed by atoms with Crippen molar-refractivity contribution in [3.05, 3.63) is 101 Å². The number of rotatable bonds is 7. The van der Waals surface area contributed by atoms with Crippen LogP contribution in [0, 0.1) is 0 Å². The van der Waals surface area contributed by atoms with Gasteiger partial charge in [0.05, 0.1) is 17.3 Å². The van der Waals surface area contributed by atoms with Crippen molar-refractivity contribution >= 4 is 23.7 Å². The molecule has 0 heterocycles. The minimum absolute atomic E-state index is 0.00922. The van der Waals surface area contributed by atoms with E-state index in [9.17, 15) is 9.90 Å². The topological polar surface area (TPSA) is 70.9 Å². The predicted octanol–water partition coefficient (Wildman–Crippen LogP) is 4.51. The van der Waals surface area contributed by atoms with Crippen LogP contribution in [0.3, 0.4) is 0 Å². The summed E-state index contributed by atoms with van der Waals surface area (Å²) in [6, 6.07) is 22.7. The van der Waals surface area contributed by atoms with Crippen LogP contribution >= 0.6 is 11.6 Å². The van der Waals surface area contributed by atoms with Gasteiger partial charge in [0.15, 0.2) is 5.60 Å². The standard InChI is InChI=1S/C24H23ClN2O3/c1-17(2)30-22-14-13-18(15-21(22)25)16-26-27-23(28)24(29,19-9-5-3-6-10-19)20-11-7-4-8-12-20/h3-17,29H,1-2H3,(H,27,28)/b26-16-. The van der Waals surface area contributed by atoms with E-state index in [1.807, 2.05) is 26.0 Å². The van der Waals surface area contributed by atoms with E-state index in [4.69, 9.17) is 16.3 Å². The Hall–Kier alpha value is -3.15. The molecule has 30 heavy (non-hydrogen) atoms. The third kappa shape index (κ3) is 4.87. The van der Waals surface area contributed by atoms with Crippen molar-refractivity contribution in [2.75, 3.05) is 0 Å². The van der Waals surface area contributed by atoms with Crippen molar-refractivity contribution in [1.29, 1.82) is 0 Å². The monoisotopic (exact) mass is 422 g/mol. The van der Waals surface area contributed by atoms with Crippen LogP contribution in [0.4, 0.5) is 0 Å². The van der Waals surface area contributed by atoms with Crippen molar-refractivity contribution in [3.8, 4) is 5.75 Å². The lowest BCUT2D eigenvalue weighted by molar-refractivity contribution is -0.136. The Morgan fingerprint density at radius 1 is 1.03 bits per heavy atom. The molecule has 6 heteroatoms. The zero-order valence-corrected chi connectivity index (χ0v) is 17.5. The van der Waals surface area contributed by atoms with Gasteiger partial charge in [-0.15, -0.1) is 0 Å². The summed E-state index contributed by atoms with van der Waals surface area (Å²) < 4.78 is 5.61. The lowest BCUT2D eigenvalue weighted by atomic mass is 9.85. The zero-order chi connectivity index (χ0) is 21.6. The molecule has 0 atom stereocenters. The Balaban J connectivity index is 1.81. The molecule has 0 bridgehead atoms. The van der Waals surface area contributed by atoms with Crippen molar-refractivity contribution in [2.45, 2.75) is 25.6 Å². The van der Waals surface area contributed by atoms with Crippen molar-refractivity contribution in [1.82, 2.24) is 5.43 Å². The summed E-state index contributed by atoms with van der Waals surface area (Å²) in [4.78, 5) is 13.0. The molecule has 0 saturated heterocycles. The van der Waals surface area contributed by atoms with Gasteiger partial charge >= 0.3 is 0 Å². The molecule has 0 aliphatic heterocycles. The molecule has 2 N–H and O–H groups in total. The smallest absolute Gasteiger partial charge is 0.281 e. The third-order valence-corrected chi connectivity index (χ3v) is 4.71. The summed E-state index contributed by atoms with van der Waals surface area (Å²) in [5.74, 6) is -0.0857. The molecule has 0 fully saturated rings. The van der Waals surface area contributed by atoms with E-state index < -0.39 is 11.5 Å². The molecular weight excluding hydrogens is 400 g/mol. The van der Waals surface area contributed by atoms with Gasteiger partial charge < -0.3 is 9.84 Å². The largest absolute Gasteiger partial charge is 0.489 e. The fourth-order valence-electron chi connectivity index (χ4n) is 2.98. The molecule has 1 amide bonds. The van der Waals surface area contributed by atoms with E-state index >= 15 is 0 Å². The normalized spacial score (nSPS) is 11.6. The van der Waals surface area contributed by atoms with Crippen molar-refractivity contribution in [3.63, 3.8) is 0 Å². The minimum Gasteiger partial charge on any atom is -0.489 e. The van der Waals surface area contributed by atoms with Gasteiger partial charge in [0.2, 0.25) is 0 Å². The highest BCUT2D eigenvalue weighted by atomic mass is 35.5. The number of nitrogens with one attached hydrogen (secondary N) is 1. The average Bonchev–Trinajstić information content (AvgIpc) is 2.76. The summed E-state index contributed by atoms with van der Waals surface area (Å²) in [5, 5.41) is 15.8. The van der Waals surface area contributed by atoms with Crippen LogP contribution in [0.25, 0.3) is 0 Å². The fourth-order valence-corrected chi connectivity index (χ4v) is 3.21. The molecule has 0 spiro atoms. The number of carbonyl (C=O) groups is 1. The first-order chi connectivity index (χ1) is 14.4. The first kappa shape index (κ1) is 21.6. The van der Waals surface area contributed by atoms with E-state index in [-0.39, 0.29) is 6.10 Å². The van der Waals surface area contributed by atoms with E-state index in [0.717, 1.165) is 0 Å². The van der Waals surface area contributed by atoms with E-state index in [2.05, 4.69) is 10.5 Å². The molecule has 0 aliphatic rings. The van der Waals surface area contributed by atoms with Crippen LogP contribution in [0.1, 0.15) is 30.5 Å². The van der Waals surface area contributed by atoms with Gasteiger partial charge in [0.25, 0.3) is 5.91 Å². The number of amides is 1. The Kier molecular flexibility index (Phi) is 6.87. The van der Waals surface area contributed by atoms with Crippen molar-refractivity contribution in [2.24, 2.45) is 5.10 Å². The number of ether oxygens (including phenoxy) is 1. The first-order valence-electron chi connectivity index (χ1n) is 9.54. The summed E-state index contributed by atoms with van der Waals surface area (Å²) in [7, 11) is 0. The number of hydrogen-bond donors (Lipinski definition) is 2. The second-order valence-electron chi connectivity index (χ2n) is 7.00. The highest BCUT2D eigenvalue weighted by Gasteiger charge is 2.39. The molecule has 154 valence electrons. The summed E-state index contributed by atoms with van der Waals surface area (Å²) in [6.07, 6.45) is 1.47. The predicted molar refractivity (Wildman–Crippen MR) is 119 cm³/mol. The lowest BCUT2D eigenvalue weighted by Crippen LogP contribution is -2.43. The van der Waals surface area contributed by atoms with Crippen LogP contribution < -0.4 is 10.2 Å². The van der Waals surface area contributed by atoms with Crippen LogP contribution in [-0.4, -0.2) is 23.3 Å². The maximum absolute atomic E-state index is 13.0. The van der Waals surface area contributed by atoms with Gasteiger partial charge in [0.1, 0.15) is 5.75 Å². The fraction of sp³-hybridized carbons (Fsp3) is 0.167. The van der Waals surface area contributed by atoms with Gasteiger partial charge in [-0.2, -0.15) is 5.10 Å². The van der Waals surface area contributed by atoms with Crippen LogP contribution in [0.5, 0.6) is 5.75 Å². The van der Waals surface area contributed by atoms with Crippen LogP contribution in [-0.2, 0) is 10.4 Å². The second kappa shape index (κ2) is 9.57. The molecule has 5 nitrogen and oxygen atoms in total. The van der Waals surface area contributed by atoms with Gasteiger partial charge in [-0.3, -0.25) is 4.79 Å². The maximum atomic E-state index is 13.0. The molecule has 0 aromatic heterocycles. The minimum atomic E-state index is -1.88. The van der Waals surface area contributed by atoms with Gasteiger partial charge in [-0.1, -0.05) is 72.3 Å². The number of benzene rings is 3. The molecule has 0 unspecified atom stereocenters. The van der Waals surface area contributed by atoms with Gasteiger partial charge in [0, 0.05) is 0 Å². The number of halogens is 1. The molecule has 3 aromatic carbocycles. The number of hydrazone groups is 1. The SMILES string of the molecule is CC(C)Oc1ccc(/C=N\NC(=O)C(O)(c2ccccc2)c2ccccc2)cc1Cl. The highest BCUT2D eigenvalue weighted by molar-refractivity contribution is 6.32. The maximum Gasteiger partial charge on any atom is 0.281 e. The highest BCUT2D eigenvalue weighted by Crippen LogP contribution is 2.30. The second-order valence-corrected chi connectivity index (χ2v) is 7.41. The van der Waals surface area contributed by atoms with E-state index in [1.165, 1.54) is 6.21 Å². The Morgan fingerprint density at radius 2 is 1.60 bits per heavy atom. The summed E-state index contributed by atoms with van der Waals surface area (Å²) in [6.45, 7) is 3.84. The zero-order valence-electron chi connectivity index (χ0n) is 16.7.